The van der Waals surface area contributed by atoms with Gasteiger partial charge < -0.3 is 5.32 Å². The normalized spacial score (nSPS) is 12.3. The zero-order valence-electron chi connectivity index (χ0n) is 13.0. The molecule has 2 rings (SSSR count). The number of hydrogen-bond donors (Lipinski definition) is 1. The Morgan fingerprint density at radius 1 is 0.952 bits per heavy atom. The third-order valence-corrected chi connectivity index (χ3v) is 3.64. The van der Waals surface area contributed by atoms with Crippen molar-refractivity contribution in [1.82, 2.24) is 4.98 Å². The molecule has 21 heavy (non-hydrogen) atoms. The molecule has 4 heteroatoms. The van der Waals surface area contributed by atoms with Gasteiger partial charge in [0.15, 0.2) is 0 Å². The number of benzene rings is 1. The van der Waals surface area contributed by atoms with Crippen LogP contribution in [-0.4, -0.2) is 4.98 Å². The molecule has 0 fully saturated rings. The van der Waals surface area contributed by atoms with E-state index < -0.39 is 11.6 Å². The Morgan fingerprint density at radius 2 is 1.62 bits per heavy atom. The average Bonchev–Trinajstić information content (AvgIpc) is 2.34. The molecule has 1 aromatic heterocycles. The zero-order chi connectivity index (χ0) is 15.7. The third kappa shape index (κ3) is 3.20. The number of anilines is 1. The Bertz CT molecular complexity index is 658. The molecule has 0 aliphatic rings. The molecule has 0 amide bonds. The van der Waals surface area contributed by atoms with Crippen molar-refractivity contribution in [2.24, 2.45) is 0 Å². The highest BCUT2D eigenvalue weighted by Gasteiger charge is 2.15. The summed E-state index contributed by atoms with van der Waals surface area (Å²) in [5.41, 5.74) is 4.43. The fourth-order valence-electron chi connectivity index (χ4n) is 2.75. The minimum atomic E-state index is -0.448. The highest BCUT2D eigenvalue weighted by molar-refractivity contribution is 5.50. The highest BCUT2D eigenvalue weighted by Crippen LogP contribution is 2.27. The minimum absolute atomic E-state index is 0.158. The first kappa shape index (κ1) is 15.4. The van der Waals surface area contributed by atoms with Crippen molar-refractivity contribution >= 4 is 5.69 Å². The molecular weight excluding hydrogens is 270 g/mol. The first-order valence-corrected chi connectivity index (χ1v) is 6.96. The predicted octanol–water partition coefficient (Wildman–Crippen LogP) is 4.77. The van der Waals surface area contributed by atoms with E-state index >= 15 is 0 Å². The lowest BCUT2D eigenvalue weighted by molar-refractivity contribution is 0.592. The molecule has 0 bridgehead atoms. The predicted molar refractivity (Wildman–Crippen MR) is 81.6 cm³/mol. The first-order chi connectivity index (χ1) is 9.79. The van der Waals surface area contributed by atoms with Crippen LogP contribution in [0, 0.1) is 39.3 Å². The van der Waals surface area contributed by atoms with E-state index in [9.17, 15) is 8.78 Å². The van der Waals surface area contributed by atoms with Crippen LogP contribution in [-0.2, 0) is 0 Å². The molecule has 2 aromatic rings. The van der Waals surface area contributed by atoms with Gasteiger partial charge in [-0.05, 0) is 63.4 Å². The molecule has 1 atom stereocenters. The van der Waals surface area contributed by atoms with Gasteiger partial charge in [-0.25, -0.2) is 8.78 Å². The quantitative estimate of drug-likeness (QED) is 0.881. The average molecular weight is 290 g/mol. The van der Waals surface area contributed by atoms with Gasteiger partial charge in [-0.1, -0.05) is 0 Å². The smallest absolute Gasteiger partial charge is 0.146 e. The summed E-state index contributed by atoms with van der Waals surface area (Å²) < 4.78 is 27.5. The molecule has 0 saturated carbocycles. The maximum absolute atomic E-state index is 13.9. The third-order valence-electron chi connectivity index (χ3n) is 3.64. The Morgan fingerprint density at radius 3 is 2.24 bits per heavy atom. The van der Waals surface area contributed by atoms with E-state index in [1.165, 1.54) is 12.1 Å². The largest absolute Gasteiger partial charge is 0.376 e. The Labute approximate surface area is 124 Å². The van der Waals surface area contributed by atoms with Crippen molar-refractivity contribution in [3.63, 3.8) is 0 Å². The van der Waals surface area contributed by atoms with Crippen LogP contribution in [0.25, 0.3) is 0 Å². The number of nitrogens with one attached hydrogen (secondary N) is 1. The summed E-state index contributed by atoms with van der Waals surface area (Å²) in [6.45, 7) is 9.34. The standard InChI is InChI=1S/C17H20F2N2/c1-9-7-15(19)16(8-14(9)18)21-13(5)17-10(2)6-11(3)20-12(17)4/h6-8,13,21H,1-5H3. The number of hydrogen-bond acceptors (Lipinski definition) is 2. The van der Waals surface area contributed by atoms with E-state index in [1.807, 2.05) is 33.8 Å². The van der Waals surface area contributed by atoms with E-state index in [0.717, 1.165) is 22.5 Å². The van der Waals surface area contributed by atoms with Crippen LogP contribution < -0.4 is 5.32 Å². The summed E-state index contributed by atoms with van der Waals surface area (Å²) in [5.74, 6) is -0.863. The van der Waals surface area contributed by atoms with Crippen LogP contribution in [0.2, 0.25) is 0 Å². The Kier molecular flexibility index (Phi) is 4.26. The fourth-order valence-corrected chi connectivity index (χ4v) is 2.75. The lowest BCUT2D eigenvalue weighted by Crippen LogP contribution is -2.13. The van der Waals surface area contributed by atoms with Crippen LogP contribution in [0.3, 0.4) is 0 Å². The van der Waals surface area contributed by atoms with Gasteiger partial charge >= 0.3 is 0 Å². The molecule has 1 N–H and O–H groups in total. The first-order valence-electron chi connectivity index (χ1n) is 6.96. The Hall–Kier alpha value is -1.97. The van der Waals surface area contributed by atoms with E-state index in [-0.39, 0.29) is 11.7 Å². The van der Waals surface area contributed by atoms with Crippen molar-refractivity contribution < 1.29 is 8.78 Å². The molecule has 0 aliphatic heterocycles. The van der Waals surface area contributed by atoms with Gasteiger partial charge in [0, 0.05) is 17.5 Å². The fraction of sp³-hybridized carbons (Fsp3) is 0.353. The summed E-state index contributed by atoms with van der Waals surface area (Å²) in [5, 5.41) is 3.04. The van der Waals surface area contributed by atoms with Gasteiger partial charge in [0.05, 0.1) is 11.7 Å². The van der Waals surface area contributed by atoms with Crippen molar-refractivity contribution in [3.8, 4) is 0 Å². The van der Waals surface area contributed by atoms with Crippen LogP contribution in [0.5, 0.6) is 0 Å². The zero-order valence-corrected chi connectivity index (χ0v) is 13.0. The molecule has 0 spiro atoms. The van der Waals surface area contributed by atoms with Gasteiger partial charge in [0.2, 0.25) is 0 Å². The van der Waals surface area contributed by atoms with E-state index in [0.29, 0.717) is 5.56 Å². The lowest BCUT2D eigenvalue weighted by Gasteiger charge is -2.20. The van der Waals surface area contributed by atoms with Gasteiger partial charge in [-0.2, -0.15) is 0 Å². The number of aryl methyl sites for hydroxylation is 4. The lowest BCUT2D eigenvalue weighted by atomic mass is 10.00. The van der Waals surface area contributed by atoms with E-state index in [4.69, 9.17) is 0 Å². The second-order valence-corrected chi connectivity index (χ2v) is 5.53. The molecular formula is C17H20F2N2. The van der Waals surface area contributed by atoms with Crippen molar-refractivity contribution in [1.29, 1.82) is 0 Å². The van der Waals surface area contributed by atoms with Crippen LogP contribution >= 0.6 is 0 Å². The maximum Gasteiger partial charge on any atom is 0.146 e. The summed E-state index contributed by atoms with van der Waals surface area (Å²) >= 11 is 0. The van der Waals surface area contributed by atoms with Crippen molar-refractivity contribution in [3.05, 3.63) is 57.9 Å². The summed E-state index contributed by atoms with van der Waals surface area (Å²) in [6, 6.07) is 4.24. The van der Waals surface area contributed by atoms with Crippen molar-refractivity contribution in [2.75, 3.05) is 5.32 Å². The van der Waals surface area contributed by atoms with E-state index in [1.54, 1.807) is 6.92 Å². The molecule has 1 heterocycles. The van der Waals surface area contributed by atoms with Gasteiger partial charge in [-0.15, -0.1) is 0 Å². The SMILES string of the molecule is Cc1cc(C)c(C(C)Nc2cc(F)c(C)cc2F)c(C)n1. The maximum atomic E-state index is 13.9. The second kappa shape index (κ2) is 5.80. The minimum Gasteiger partial charge on any atom is -0.376 e. The number of pyridine rings is 1. The number of halogens is 2. The van der Waals surface area contributed by atoms with Crippen LogP contribution in [0.1, 0.15) is 41.0 Å². The second-order valence-electron chi connectivity index (χ2n) is 5.53. The summed E-state index contributed by atoms with van der Waals surface area (Å²) in [6.07, 6.45) is 0. The number of nitrogens with zero attached hydrogens (tertiary/aromatic N) is 1. The van der Waals surface area contributed by atoms with E-state index in [2.05, 4.69) is 10.3 Å². The number of aromatic nitrogens is 1. The molecule has 0 saturated heterocycles. The van der Waals surface area contributed by atoms with Gasteiger partial charge in [0.1, 0.15) is 11.6 Å². The van der Waals surface area contributed by atoms with Gasteiger partial charge in [0.25, 0.3) is 0 Å². The van der Waals surface area contributed by atoms with Crippen molar-refractivity contribution in [2.45, 2.75) is 40.7 Å². The van der Waals surface area contributed by atoms with Crippen LogP contribution in [0.4, 0.5) is 14.5 Å². The molecule has 0 radical (unpaired) electrons. The highest BCUT2D eigenvalue weighted by atomic mass is 19.1. The Balaban J connectivity index is 2.35. The van der Waals surface area contributed by atoms with Crippen LogP contribution in [0.15, 0.2) is 18.2 Å². The molecule has 1 aromatic carbocycles. The summed E-state index contributed by atoms with van der Waals surface area (Å²) in [7, 11) is 0. The molecule has 1 unspecified atom stereocenters. The monoisotopic (exact) mass is 290 g/mol. The topological polar surface area (TPSA) is 24.9 Å². The molecule has 0 aliphatic carbocycles. The molecule has 112 valence electrons. The summed E-state index contributed by atoms with van der Waals surface area (Å²) in [4.78, 5) is 4.44. The van der Waals surface area contributed by atoms with Gasteiger partial charge in [-0.3, -0.25) is 4.98 Å². The molecule has 2 nitrogen and oxygen atoms in total. The number of rotatable bonds is 3.